The molecule has 0 heterocycles. The van der Waals surface area contributed by atoms with Gasteiger partial charge in [-0.25, -0.2) is 0 Å². The van der Waals surface area contributed by atoms with Crippen molar-refractivity contribution in [1.82, 2.24) is 0 Å². The Kier molecular flexibility index (Phi) is 27.1. The largest absolute Gasteiger partial charge is 0.534 e. The van der Waals surface area contributed by atoms with E-state index in [1.165, 1.54) is 24.3 Å². The third-order valence-corrected chi connectivity index (χ3v) is 24.1. The standard InChI is InChI=1S/C72H92F12O16S4/c1-5-9-13-33-49-53-37-58(66(98-102(87,88)70(76,77)78)41-61(53)93-45-25-17-18-26-45)51(35-15-11-7-3)55-39-60(68(100-104(91,92)72(82,83)84)43-63(55)95-47-29-21-22-30-47)52(36-16-12-8-4)56-40-59(67(99-103(89,90)71(79,80)81)44-64(56)96-48-31-23-24-32-48)50(34-14-10-6-2)54-38-57(49)65(97-101(85,86)69(73,74)75)42-62(54)94-46-27-19-20-28-46/h37-52H,5-36H2,1-4H3. The monoisotopic (exact) mass is 1570 g/mol. The minimum absolute atomic E-state index is 0.116. The molecule has 5 aliphatic carbocycles. The van der Waals surface area contributed by atoms with Gasteiger partial charge in [-0.3, -0.25) is 0 Å². The van der Waals surface area contributed by atoms with Crippen molar-refractivity contribution in [2.24, 2.45) is 0 Å². The van der Waals surface area contributed by atoms with Crippen LogP contribution in [-0.4, -0.2) is 80.1 Å². The quantitative estimate of drug-likeness (QED) is 0.0193. The summed E-state index contributed by atoms with van der Waals surface area (Å²) in [4.78, 5) is 0. The highest BCUT2D eigenvalue weighted by Crippen LogP contribution is 2.57. The average molecular weight is 1570 g/mol. The number of halogens is 12. The van der Waals surface area contributed by atoms with E-state index < -0.39 is 179 Å². The molecule has 5 aliphatic rings. The maximum absolute atomic E-state index is 15.2. The van der Waals surface area contributed by atoms with Gasteiger partial charge >= 0.3 is 62.5 Å². The molecule has 104 heavy (non-hydrogen) atoms. The van der Waals surface area contributed by atoms with Gasteiger partial charge in [0.2, 0.25) is 0 Å². The Morgan fingerprint density at radius 1 is 0.269 bits per heavy atom. The Labute approximate surface area is 601 Å². The molecular formula is C72H92F12O16S4. The van der Waals surface area contributed by atoms with Crippen LogP contribution in [0.25, 0.3) is 0 Å². The van der Waals surface area contributed by atoms with E-state index in [0.29, 0.717) is 154 Å². The van der Waals surface area contributed by atoms with E-state index >= 15 is 52.7 Å². The minimum Gasteiger partial charge on any atom is -0.490 e. The van der Waals surface area contributed by atoms with Crippen LogP contribution in [0.4, 0.5) is 52.7 Å². The molecule has 0 aromatic heterocycles. The Morgan fingerprint density at radius 2 is 0.433 bits per heavy atom. The highest BCUT2D eigenvalue weighted by atomic mass is 32.2. The molecule has 16 nitrogen and oxygen atoms in total. The van der Waals surface area contributed by atoms with Gasteiger partial charge in [-0.05, 0) is 153 Å². The van der Waals surface area contributed by atoms with Crippen LogP contribution in [0.1, 0.15) is 301 Å². The van der Waals surface area contributed by atoms with Crippen LogP contribution in [0.2, 0.25) is 0 Å². The lowest BCUT2D eigenvalue weighted by Crippen LogP contribution is -2.29. The molecule has 0 saturated heterocycles. The smallest absolute Gasteiger partial charge is 0.490 e. The van der Waals surface area contributed by atoms with Crippen LogP contribution in [0.3, 0.4) is 0 Å². The van der Waals surface area contributed by atoms with Crippen LogP contribution < -0.4 is 35.7 Å². The van der Waals surface area contributed by atoms with Gasteiger partial charge in [-0.15, -0.1) is 0 Å². The van der Waals surface area contributed by atoms with Crippen molar-refractivity contribution in [3.05, 3.63) is 93.0 Å². The zero-order valence-electron chi connectivity index (χ0n) is 58.6. The highest BCUT2D eigenvalue weighted by molar-refractivity contribution is 7.88. The molecule has 9 rings (SSSR count). The van der Waals surface area contributed by atoms with Crippen molar-refractivity contribution < 1.29 is 122 Å². The fourth-order valence-corrected chi connectivity index (χ4v) is 16.9. The summed E-state index contributed by atoms with van der Waals surface area (Å²) >= 11 is 0. The number of benzene rings is 4. The number of alkyl halides is 12. The second-order valence-corrected chi connectivity index (χ2v) is 34.1. The topological polar surface area (TPSA) is 210 Å². The molecule has 0 spiro atoms. The van der Waals surface area contributed by atoms with E-state index in [4.69, 9.17) is 35.7 Å². The third-order valence-electron chi connectivity index (χ3n) is 20.3. The molecule has 584 valence electrons. The molecule has 4 aromatic carbocycles. The predicted octanol–water partition coefficient (Wildman–Crippen LogP) is 21.0. The Hall–Kier alpha value is -5.76. The summed E-state index contributed by atoms with van der Waals surface area (Å²) in [6, 6.07) is 8.46. The first-order chi connectivity index (χ1) is 48.9. The summed E-state index contributed by atoms with van der Waals surface area (Å²) < 4.78 is 342. The van der Waals surface area contributed by atoms with Crippen molar-refractivity contribution >= 4 is 40.5 Å². The van der Waals surface area contributed by atoms with E-state index in [9.17, 15) is 33.7 Å². The fourth-order valence-electron chi connectivity index (χ4n) is 15.0. The van der Waals surface area contributed by atoms with Crippen LogP contribution >= 0.6 is 0 Å². The Bertz CT molecular complexity index is 3530. The van der Waals surface area contributed by atoms with Crippen molar-refractivity contribution in [3.8, 4) is 46.0 Å². The molecular weight excluding hydrogens is 1480 g/mol. The maximum atomic E-state index is 15.2. The zero-order valence-corrected chi connectivity index (χ0v) is 61.8. The fraction of sp³-hybridized carbons (Fsp3) is 0.667. The number of hydrogen-bond acceptors (Lipinski definition) is 16. The van der Waals surface area contributed by atoms with Gasteiger partial charge in [0.25, 0.3) is 0 Å². The van der Waals surface area contributed by atoms with Gasteiger partial charge < -0.3 is 35.7 Å². The molecule has 4 atom stereocenters. The SMILES string of the molecule is CCCCCC1c2cc(c(OS(=O)(=O)C(F)(F)F)cc2OC2CCCC2)C(CCCCC)c2cc(c(OS(=O)(=O)C(F)(F)F)cc2OC2CCCC2)C(CCCCC)c2cc(c(OS(=O)(=O)C(F)(F)F)cc2OC2CCCC2)C(CCCCC)c2cc1c(OS(=O)(=O)C(F)(F)F)cc2OC1CCCC1. The molecule has 4 unspecified atom stereocenters. The molecule has 0 aliphatic heterocycles. The van der Waals surface area contributed by atoms with E-state index in [1.54, 1.807) is 27.7 Å². The number of unbranched alkanes of at least 4 members (excludes halogenated alkanes) is 8. The van der Waals surface area contributed by atoms with Gasteiger partial charge in [0.05, 0.1) is 24.4 Å². The second kappa shape index (κ2) is 34.2. The molecule has 4 fully saturated rings. The highest BCUT2D eigenvalue weighted by Gasteiger charge is 2.53. The van der Waals surface area contributed by atoms with Crippen LogP contribution in [0, 0.1) is 0 Å². The van der Waals surface area contributed by atoms with Gasteiger partial charge in [-0.1, -0.05) is 105 Å². The summed E-state index contributed by atoms with van der Waals surface area (Å²) in [7, 11) is -26.9. The number of rotatable bonds is 32. The minimum atomic E-state index is -6.72. The summed E-state index contributed by atoms with van der Waals surface area (Å²) in [6.07, 6.45) is 6.37. The summed E-state index contributed by atoms with van der Waals surface area (Å²) in [5, 5.41) is 0. The normalized spacial score (nSPS) is 20.1. The Morgan fingerprint density at radius 3 is 0.587 bits per heavy atom. The van der Waals surface area contributed by atoms with Gasteiger partial charge in [-0.2, -0.15) is 86.4 Å². The molecule has 32 heteroatoms. The average Bonchev–Trinajstić information content (AvgIpc) is 0.798. The summed E-state index contributed by atoms with van der Waals surface area (Å²) in [5.41, 5.74) is -26.8. The number of hydrogen-bond donors (Lipinski definition) is 0. The van der Waals surface area contributed by atoms with E-state index in [2.05, 4.69) is 0 Å². The predicted molar refractivity (Wildman–Crippen MR) is 364 cm³/mol. The number of fused-ring (bicyclic) bond motifs is 8. The lowest BCUT2D eigenvalue weighted by Gasteiger charge is -2.33. The molecule has 8 bridgehead atoms. The van der Waals surface area contributed by atoms with E-state index in [-0.39, 0.29) is 73.6 Å². The van der Waals surface area contributed by atoms with Crippen LogP contribution in [0.5, 0.6) is 46.0 Å². The summed E-state index contributed by atoms with van der Waals surface area (Å²) in [5.74, 6) is -12.0. The lowest BCUT2D eigenvalue weighted by atomic mass is 9.76. The Balaban J connectivity index is 1.61. The molecule has 0 amide bonds. The van der Waals surface area contributed by atoms with Gasteiger partial charge in [0, 0.05) is 92.4 Å². The van der Waals surface area contributed by atoms with Crippen molar-refractivity contribution in [2.75, 3.05) is 0 Å². The molecule has 4 aromatic rings. The first-order valence-corrected chi connectivity index (χ1v) is 41.9. The second-order valence-electron chi connectivity index (χ2n) is 27.9. The molecule has 0 radical (unpaired) electrons. The molecule has 4 saturated carbocycles. The van der Waals surface area contributed by atoms with Crippen molar-refractivity contribution in [2.45, 2.75) is 303 Å². The van der Waals surface area contributed by atoms with E-state index in [0.717, 1.165) is 24.3 Å². The summed E-state index contributed by atoms with van der Waals surface area (Å²) in [6.45, 7) is 7.22. The first-order valence-electron chi connectivity index (χ1n) is 36.3. The maximum Gasteiger partial charge on any atom is 0.534 e. The van der Waals surface area contributed by atoms with Crippen LogP contribution in [-0.2, 0) is 40.5 Å². The van der Waals surface area contributed by atoms with Crippen LogP contribution in [0.15, 0.2) is 48.5 Å². The third kappa shape index (κ3) is 19.7. The molecule has 0 N–H and O–H groups in total. The lowest BCUT2D eigenvalue weighted by molar-refractivity contribution is -0.0505. The first kappa shape index (κ1) is 82.3. The van der Waals surface area contributed by atoms with Gasteiger partial charge in [0.15, 0.2) is 0 Å². The van der Waals surface area contributed by atoms with Crippen molar-refractivity contribution in [1.29, 1.82) is 0 Å². The van der Waals surface area contributed by atoms with Gasteiger partial charge in [0.1, 0.15) is 46.0 Å². The number of ether oxygens (including phenoxy) is 4. The van der Waals surface area contributed by atoms with Crippen molar-refractivity contribution in [3.63, 3.8) is 0 Å². The zero-order chi connectivity index (χ0) is 75.8. The van der Waals surface area contributed by atoms with E-state index in [1.807, 2.05) is 0 Å².